The first-order chi connectivity index (χ1) is 7.77. The van der Waals surface area contributed by atoms with Gasteiger partial charge in [0.2, 0.25) is 5.91 Å². The molecule has 5 heteroatoms. The maximum atomic E-state index is 11.8. The minimum absolute atomic E-state index is 0.208. The van der Waals surface area contributed by atoms with Crippen molar-refractivity contribution >= 4 is 21.8 Å². The van der Waals surface area contributed by atoms with Crippen LogP contribution < -0.4 is 0 Å². The maximum absolute atomic E-state index is 11.8. The highest BCUT2D eigenvalue weighted by atomic mass is 79.9. The molecule has 1 aliphatic heterocycles. The van der Waals surface area contributed by atoms with Crippen molar-refractivity contribution in [3.05, 3.63) is 0 Å². The molecule has 1 fully saturated rings. The Kier molecular flexibility index (Phi) is 7.00. The third kappa shape index (κ3) is 4.80. The van der Waals surface area contributed by atoms with Crippen LogP contribution in [-0.4, -0.2) is 65.5 Å². The highest BCUT2D eigenvalue weighted by Crippen LogP contribution is 2.06. The van der Waals surface area contributed by atoms with E-state index in [2.05, 4.69) is 20.8 Å². The zero-order chi connectivity index (χ0) is 11.8. The van der Waals surface area contributed by atoms with Crippen LogP contribution in [0.1, 0.15) is 19.3 Å². The molecular weight excluding hydrogens is 272 g/mol. The lowest BCUT2D eigenvalue weighted by Gasteiger charge is -2.34. The number of piperazine rings is 1. The summed E-state index contributed by atoms with van der Waals surface area (Å²) in [6.07, 6.45) is 2.71. The molecule has 0 aromatic carbocycles. The largest absolute Gasteiger partial charge is 0.395 e. The smallest absolute Gasteiger partial charge is 0.222 e. The van der Waals surface area contributed by atoms with Gasteiger partial charge in [-0.15, -0.1) is 0 Å². The molecule has 1 saturated heterocycles. The van der Waals surface area contributed by atoms with Gasteiger partial charge in [0.05, 0.1) is 6.61 Å². The maximum Gasteiger partial charge on any atom is 0.222 e. The molecule has 16 heavy (non-hydrogen) atoms. The van der Waals surface area contributed by atoms with Gasteiger partial charge < -0.3 is 10.0 Å². The van der Waals surface area contributed by atoms with Crippen LogP contribution in [0.25, 0.3) is 0 Å². The molecule has 1 heterocycles. The van der Waals surface area contributed by atoms with E-state index < -0.39 is 0 Å². The average molecular weight is 293 g/mol. The Hall–Kier alpha value is -0.130. The molecule has 1 amide bonds. The van der Waals surface area contributed by atoms with Gasteiger partial charge in [-0.2, -0.15) is 0 Å². The molecular formula is C11H21BrN2O2. The van der Waals surface area contributed by atoms with Gasteiger partial charge in [-0.05, 0) is 12.8 Å². The summed E-state index contributed by atoms with van der Waals surface area (Å²) in [5.41, 5.74) is 0. The van der Waals surface area contributed by atoms with Gasteiger partial charge in [-0.3, -0.25) is 9.69 Å². The summed E-state index contributed by atoms with van der Waals surface area (Å²) in [5.74, 6) is 0.282. The molecule has 0 aromatic heterocycles. The predicted octanol–water partition coefficient (Wildman–Crippen LogP) is 0.688. The number of aliphatic hydroxyl groups is 1. The zero-order valence-corrected chi connectivity index (χ0v) is 11.3. The lowest BCUT2D eigenvalue weighted by atomic mass is 10.2. The average Bonchev–Trinajstić information content (AvgIpc) is 2.30. The van der Waals surface area contributed by atoms with Crippen LogP contribution in [0.5, 0.6) is 0 Å². The van der Waals surface area contributed by atoms with E-state index in [0.29, 0.717) is 6.42 Å². The number of carbonyl (C=O) groups is 1. The second kappa shape index (κ2) is 8.03. The first-order valence-electron chi connectivity index (χ1n) is 5.95. The van der Waals surface area contributed by atoms with Crippen molar-refractivity contribution in [3.63, 3.8) is 0 Å². The number of unbranched alkanes of at least 4 members (excludes halogenated alkanes) is 1. The number of aliphatic hydroxyl groups excluding tert-OH is 1. The van der Waals surface area contributed by atoms with Gasteiger partial charge in [0.1, 0.15) is 0 Å². The van der Waals surface area contributed by atoms with E-state index in [1.807, 2.05) is 4.90 Å². The van der Waals surface area contributed by atoms with E-state index in [-0.39, 0.29) is 12.5 Å². The number of amides is 1. The Morgan fingerprint density at radius 2 is 1.88 bits per heavy atom. The molecule has 94 valence electrons. The standard InChI is InChI=1S/C11H21BrN2O2/c12-4-2-1-3-11(16)14-7-5-13(6-8-14)9-10-15/h15H,1-10H2. The van der Waals surface area contributed by atoms with E-state index >= 15 is 0 Å². The fourth-order valence-electron chi connectivity index (χ4n) is 1.89. The van der Waals surface area contributed by atoms with Gasteiger partial charge in [0.15, 0.2) is 0 Å². The second-order valence-corrected chi connectivity index (χ2v) is 4.89. The number of β-amino-alcohol motifs (C(OH)–C–C–N with tert-alkyl or cyclic N) is 1. The van der Waals surface area contributed by atoms with Crippen molar-refractivity contribution in [1.29, 1.82) is 0 Å². The summed E-state index contributed by atoms with van der Waals surface area (Å²) in [5, 5.41) is 9.79. The molecule has 1 aliphatic rings. The predicted molar refractivity (Wildman–Crippen MR) is 67.8 cm³/mol. The van der Waals surface area contributed by atoms with Crippen LogP contribution in [0, 0.1) is 0 Å². The number of nitrogens with zero attached hydrogens (tertiary/aromatic N) is 2. The minimum Gasteiger partial charge on any atom is -0.395 e. The third-order valence-corrected chi connectivity index (χ3v) is 3.48. The van der Waals surface area contributed by atoms with E-state index in [0.717, 1.165) is 50.9 Å². The molecule has 0 aliphatic carbocycles. The Bertz CT molecular complexity index is 206. The molecule has 4 nitrogen and oxygen atoms in total. The Morgan fingerprint density at radius 3 is 2.44 bits per heavy atom. The van der Waals surface area contributed by atoms with Gasteiger partial charge in [-0.1, -0.05) is 15.9 Å². The summed E-state index contributed by atoms with van der Waals surface area (Å²) in [6.45, 7) is 4.35. The fourth-order valence-corrected chi connectivity index (χ4v) is 2.29. The first-order valence-corrected chi connectivity index (χ1v) is 7.07. The normalized spacial score (nSPS) is 17.8. The number of hydrogen-bond acceptors (Lipinski definition) is 3. The van der Waals surface area contributed by atoms with Crippen LogP contribution in [-0.2, 0) is 4.79 Å². The van der Waals surface area contributed by atoms with Crippen molar-refractivity contribution in [3.8, 4) is 0 Å². The van der Waals surface area contributed by atoms with Crippen molar-refractivity contribution in [2.24, 2.45) is 0 Å². The number of rotatable bonds is 6. The topological polar surface area (TPSA) is 43.8 Å². The van der Waals surface area contributed by atoms with Gasteiger partial charge in [-0.25, -0.2) is 0 Å². The lowest BCUT2D eigenvalue weighted by Crippen LogP contribution is -2.49. The number of halogens is 1. The van der Waals surface area contributed by atoms with Gasteiger partial charge in [0, 0.05) is 44.5 Å². The molecule has 1 N–H and O–H groups in total. The van der Waals surface area contributed by atoms with Crippen molar-refractivity contribution in [2.75, 3.05) is 44.7 Å². The Morgan fingerprint density at radius 1 is 1.19 bits per heavy atom. The van der Waals surface area contributed by atoms with E-state index in [4.69, 9.17) is 5.11 Å². The molecule has 0 atom stereocenters. The molecule has 0 spiro atoms. The van der Waals surface area contributed by atoms with Gasteiger partial charge >= 0.3 is 0 Å². The van der Waals surface area contributed by atoms with Crippen LogP contribution in [0.4, 0.5) is 0 Å². The summed E-state index contributed by atoms with van der Waals surface area (Å²) >= 11 is 3.37. The molecule has 0 unspecified atom stereocenters. The SMILES string of the molecule is O=C(CCCCBr)N1CCN(CCO)CC1. The lowest BCUT2D eigenvalue weighted by molar-refractivity contribution is -0.133. The quantitative estimate of drug-likeness (QED) is 0.579. The van der Waals surface area contributed by atoms with E-state index in [9.17, 15) is 4.79 Å². The third-order valence-electron chi connectivity index (χ3n) is 2.92. The molecule has 0 saturated carbocycles. The molecule has 0 radical (unpaired) electrons. The fraction of sp³-hybridized carbons (Fsp3) is 0.909. The summed E-state index contributed by atoms with van der Waals surface area (Å²) < 4.78 is 0. The van der Waals surface area contributed by atoms with Crippen molar-refractivity contribution < 1.29 is 9.90 Å². The van der Waals surface area contributed by atoms with E-state index in [1.54, 1.807) is 0 Å². The Balaban J connectivity index is 2.17. The van der Waals surface area contributed by atoms with Crippen molar-refractivity contribution in [1.82, 2.24) is 9.80 Å². The van der Waals surface area contributed by atoms with Crippen molar-refractivity contribution in [2.45, 2.75) is 19.3 Å². The molecule has 0 aromatic rings. The van der Waals surface area contributed by atoms with E-state index in [1.165, 1.54) is 0 Å². The number of hydrogen-bond donors (Lipinski definition) is 1. The Labute approximate surface area is 106 Å². The number of carbonyl (C=O) groups excluding carboxylic acids is 1. The molecule has 1 rings (SSSR count). The van der Waals surface area contributed by atoms with Crippen LogP contribution in [0.3, 0.4) is 0 Å². The highest BCUT2D eigenvalue weighted by Gasteiger charge is 2.19. The monoisotopic (exact) mass is 292 g/mol. The summed E-state index contributed by atoms with van der Waals surface area (Å²) in [4.78, 5) is 15.9. The van der Waals surface area contributed by atoms with Crippen LogP contribution in [0.2, 0.25) is 0 Å². The van der Waals surface area contributed by atoms with Crippen LogP contribution in [0.15, 0.2) is 0 Å². The van der Waals surface area contributed by atoms with Gasteiger partial charge in [0.25, 0.3) is 0 Å². The molecule has 0 bridgehead atoms. The zero-order valence-electron chi connectivity index (χ0n) is 9.70. The minimum atomic E-state index is 0.208. The van der Waals surface area contributed by atoms with Crippen LogP contribution >= 0.6 is 15.9 Å². The summed E-state index contributed by atoms with van der Waals surface area (Å²) in [6, 6.07) is 0. The highest BCUT2D eigenvalue weighted by molar-refractivity contribution is 9.09. The second-order valence-electron chi connectivity index (χ2n) is 4.09. The number of alkyl halides is 1. The summed E-state index contributed by atoms with van der Waals surface area (Å²) in [7, 11) is 0. The first kappa shape index (κ1) is 13.9.